The Morgan fingerprint density at radius 2 is 2.75 bits per heavy atom. The third-order valence-electron chi connectivity index (χ3n) is 1.16. The molecule has 0 fully saturated rings. The van der Waals surface area contributed by atoms with Crippen molar-refractivity contribution >= 4 is 11.8 Å². The molecule has 3 nitrogen and oxygen atoms in total. The highest BCUT2D eigenvalue weighted by atomic mass is 32.2. The molecule has 1 aliphatic rings. The normalized spacial score (nSPS) is 16.5. The Hall–Kier alpha value is -0.510. The Bertz CT molecular complexity index is 176. The Morgan fingerprint density at radius 3 is 3.62 bits per heavy atom. The highest BCUT2D eigenvalue weighted by molar-refractivity contribution is 7.97. The predicted octanol–water partition coefficient (Wildman–Crippen LogP) is 0.482. The van der Waals surface area contributed by atoms with E-state index in [1.54, 1.807) is 0 Å². The van der Waals surface area contributed by atoms with Crippen LogP contribution in [0.2, 0.25) is 0 Å². The quantitative estimate of drug-likeness (QED) is 0.508. The molecule has 0 saturated carbocycles. The third-order valence-corrected chi connectivity index (χ3v) is 2.09. The summed E-state index contributed by atoms with van der Waals surface area (Å²) in [7, 11) is 0. The highest BCUT2D eigenvalue weighted by Crippen LogP contribution is 2.20. The summed E-state index contributed by atoms with van der Waals surface area (Å²) in [5.41, 5.74) is 1.25. The van der Waals surface area contributed by atoms with Gasteiger partial charge in [-0.25, -0.2) is 4.68 Å². The second kappa shape index (κ2) is 1.48. The summed E-state index contributed by atoms with van der Waals surface area (Å²) in [6.07, 6.45) is 1.82. The first-order chi connectivity index (χ1) is 3.97. The van der Waals surface area contributed by atoms with Crippen molar-refractivity contribution in [2.45, 2.75) is 11.6 Å². The van der Waals surface area contributed by atoms with Crippen LogP contribution in [0.5, 0.6) is 0 Å². The lowest BCUT2D eigenvalue weighted by Crippen LogP contribution is -1.92. The smallest absolute Gasteiger partial charge is 0.0888 e. The molecule has 2 rings (SSSR count). The van der Waals surface area contributed by atoms with Gasteiger partial charge in [0.05, 0.1) is 17.8 Å². The minimum absolute atomic E-state index is 0.981. The van der Waals surface area contributed by atoms with Crippen LogP contribution in [0.1, 0.15) is 5.69 Å². The van der Waals surface area contributed by atoms with E-state index in [1.165, 1.54) is 5.69 Å². The molecule has 42 valence electrons. The lowest BCUT2D eigenvalue weighted by molar-refractivity contribution is 0.697. The van der Waals surface area contributed by atoms with Crippen LogP contribution in [0, 0.1) is 0 Å². The van der Waals surface area contributed by atoms with E-state index in [4.69, 9.17) is 0 Å². The summed E-state index contributed by atoms with van der Waals surface area (Å²) >= 11 is 1.87. The van der Waals surface area contributed by atoms with E-state index in [-0.39, 0.29) is 0 Å². The van der Waals surface area contributed by atoms with E-state index >= 15 is 0 Å². The van der Waals surface area contributed by atoms with Crippen LogP contribution >= 0.6 is 11.8 Å². The monoisotopic (exact) mass is 127 g/mol. The van der Waals surface area contributed by atoms with Crippen molar-refractivity contribution < 1.29 is 0 Å². The lowest BCUT2D eigenvalue weighted by Gasteiger charge is -1.84. The molecule has 1 aromatic heterocycles. The molecular formula is C4H5N3S. The van der Waals surface area contributed by atoms with Crippen LogP contribution in [-0.4, -0.2) is 15.0 Å². The summed E-state index contributed by atoms with van der Waals surface area (Å²) in [6, 6.07) is 0. The average molecular weight is 127 g/mol. The van der Waals surface area contributed by atoms with Gasteiger partial charge >= 0.3 is 0 Å². The molecule has 0 saturated heterocycles. The van der Waals surface area contributed by atoms with Gasteiger partial charge in [-0.05, 0) is 0 Å². The van der Waals surface area contributed by atoms with E-state index in [1.807, 2.05) is 22.6 Å². The van der Waals surface area contributed by atoms with Gasteiger partial charge in [0.15, 0.2) is 0 Å². The van der Waals surface area contributed by atoms with Crippen molar-refractivity contribution in [3.8, 4) is 0 Å². The van der Waals surface area contributed by atoms with Crippen LogP contribution < -0.4 is 0 Å². The van der Waals surface area contributed by atoms with Gasteiger partial charge in [0.1, 0.15) is 0 Å². The summed E-state index contributed by atoms with van der Waals surface area (Å²) in [5.74, 6) is 2.06. The molecule has 0 unspecified atom stereocenters. The van der Waals surface area contributed by atoms with Crippen LogP contribution in [0.25, 0.3) is 0 Å². The third kappa shape index (κ3) is 0.461. The zero-order chi connectivity index (χ0) is 5.40. The van der Waals surface area contributed by atoms with Gasteiger partial charge in [-0.2, -0.15) is 0 Å². The number of fused-ring (bicyclic) bond motifs is 1. The van der Waals surface area contributed by atoms with Crippen LogP contribution in [-0.2, 0) is 11.6 Å². The maximum atomic E-state index is 3.84. The molecule has 1 aliphatic heterocycles. The summed E-state index contributed by atoms with van der Waals surface area (Å²) in [4.78, 5) is 0. The minimum atomic E-state index is 0.981. The number of aromatic nitrogens is 3. The van der Waals surface area contributed by atoms with Gasteiger partial charge in [-0.1, -0.05) is 5.21 Å². The predicted molar refractivity (Wildman–Crippen MR) is 31.3 cm³/mol. The van der Waals surface area contributed by atoms with Crippen molar-refractivity contribution in [2.75, 3.05) is 0 Å². The minimum Gasteiger partial charge on any atom is -0.239 e. The molecule has 0 bridgehead atoms. The molecule has 0 aliphatic carbocycles. The van der Waals surface area contributed by atoms with Gasteiger partial charge in [0.25, 0.3) is 0 Å². The Labute approximate surface area is 51.1 Å². The van der Waals surface area contributed by atoms with Gasteiger partial charge < -0.3 is 0 Å². The zero-order valence-corrected chi connectivity index (χ0v) is 5.06. The van der Waals surface area contributed by atoms with E-state index < -0.39 is 0 Å². The first kappa shape index (κ1) is 4.38. The van der Waals surface area contributed by atoms with E-state index in [2.05, 4.69) is 10.3 Å². The first-order valence-corrected chi connectivity index (χ1v) is 3.57. The standard InChI is InChI=1S/C4H5N3S/c1-4-2-8-3-7(4)6-5-1/h1H,2-3H2. The molecule has 1 aromatic rings. The number of rotatable bonds is 0. The molecule has 0 amide bonds. The number of thioether (sulfide) groups is 1. The van der Waals surface area contributed by atoms with Crippen molar-refractivity contribution in [1.82, 2.24) is 15.0 Å². The molecule has 0 spiro atoms. The fraction of sp³-hybridized carbons (Fsp3) is 0.500. The second-order valence-corrected chi connectivity index (χ2v) is 2.66. The molecule has 0 radical (unpaired) electrons. The van der Waals surface area contributed by atoms with E-state index in [0.717, 1.165) is 11.6 Å². The largest absolute Gasteiger partial charge is 0.239 e. The molecule has 4 heteroatoms. The summed E-state index contributed by atoms with van der Waals surface area (Å²) in [6.45, 7) is 0. The fourth-order valence-electron chi connectivity index (χ4n) is 0.736. The number of hydrogen-bond donors (Lipinski definition) is 0. The topological polar surface area (TPSA) is 30.7 Å². The molecule has 0 N–H and O–H groups in total. The first-order valence-electron chi connectivity index (χ1n) is 2.42. The van der Waals surface area contributed by atoms with E-state index in [9.17, 15) is 0 Å². The molecule has 0 atom stereocenters. The van der Waals surface area contributed by atoms with Gasteiger partial charge in [0.2, 0.25) is 0 Å². The van der Waals surface area contributed by atoms with Crippen LogP contribution in [0.4, 0.5) is 0 Å². The summed E-state index contributed by atoms with van der Waals surface area (Å²) in [5, 5.41) is 7.59. The lowest BCUT2D eigenvalue weighted by atomic mass is 10.5. The Balaban J connectivity index is 2.54. The van der Waals surface area contributed by atoms with Crippen LogP contribution in [0.3, 0.4) is 0 Å². The second-order valence-electron chi connectivity index (χ2n) is 1.70. The molecular weight excluding hydrogens is 122 g/mol. The van der Waals surface area contributed by atoms with Gasteiger partial charge in [0, 0.05) is 5.75 Å². The number of nitrogens with zero attached hydrogens (tertiary/aromatic N) is 3. The van der Waals surface area contributed by atoms with Crippen LogP contribution in [0.15, 0.2) is 6.20 Å². The van der Waals surface area contributed by atoms with Crippen molar-refractivity contribution in [3.05, 3.63) is 11.9 Å². The Kier molecular flexibility index (Phi) is 0.811. The molecule has 2 heterocycles. The average Bonchev–Trinajstić information content (AvgIpc) is 2.15. The van der Waals surface area contributed by atoms with Crippen molar-refractivity contribution in [1.29, 1.82) is 0 Å². The molecule has 8 heavy (non-hydrogen) atoms. The van der Waals surface area contributed by atoms with Crippen molar-refractivity contribution in [2.24, 2.45) is 0 Å². The number of hydrogen-bond acceptors (Lipinski definition) is 3. The SMILES string of the molecule is c1nnn2c1CSC2. The van der Waals surface area contributed by atoms with Crippen molar-refractivity contribution in [3.63, 3.8) is 0 Å². The van der Waals surface area contributed by atoms with Gasteiger partial charge in [-0.3, -0.25) is 0 Å². The maximum Gasteiger partial charge on any atom is 0.0888 e. The zero-order valence-electron chi connectivity index (χ0n) is 4.24. The highest BCUT2D eigenvalue weighted by Gasteiger charge is 2.09. The maximum absolute atomic E-state index is 3.84. The Morgan fingerprint density at radius 1 is 1.75 bits per heavy atom. The fourth-order valence-corrected chi connectivity index (χ4v) is 1.65. The molecule has 0 aromatic carbocycles. The van der Waals surface area contributed by atoms with Gasteiger partial charge in [-0.15, -0.1) is 16.9 Å². The van der Waals surface area contributed by atoms with E-state index in [0.29, 0.717) is 0 Å². The summed E-state index contributed by atoms with van der Waals surface area (Å²) < 4.78 is 1.92.